The first-order valence-corrected chi connectivity index (χ1v) is 5.50. The Labute approximate surface area is 94.7 Å². The zero-order valence-electron chi connectivity index (χ0n) is 8.73. The minimum Gasteiger partial charge on any atom is -0.236 e. The van der Waals surface area contributed by atoms with Crippen molar-refractivity contribution < 1.29 is 4.57 Å². The van der Waals surface area contributed by atoms with Crippen LogP contribution in [0.2, 0.25) is 5.02 Å². The molecule has 1 heterocycles. The molecule has 1 aromatic carbocycles. The molecule has 78 valence electrons. The highest BCUT2D eigenvalue weighted by molar-refractivity contribution is 6.30. The predicted octanol–water partition coefficient (Wildman–Crippen LogP) is 2.83. The third-order valence-corrected chi connectivity index (χ3v) is 2.55. The van der Waals surface area contributed by atoms with Crippen LogP contribution in [0.15, 0.2) is 43.0 Å². The number of rotatable bonds is 3. The summed E-state index contributed by atoms with van der Waals surface area (Å²) in [5.41, 5.74) is 1.13. The Morgan fingerprint density at radius 2 is 2.00 bits per heavy atom. The van der Waals surface area contributed by atoms with Crippen LogP contribution in [0.3, 0.4) is 0 Å². The van der Waals surface area contributed by atoms with E-state index >= 15 is 0 Å². The summed E-state index contributed by atoms with van der Waals surface area (Å²) in [5, 5.41) is 0.771. The molecule has 0 saturated carbocycles. The lowest BCUT2D eigenvalue weighted by Gasteiger charge is -1.95. The maximum Gasteiger partial charge on any atom is 0.248 e. The molecular formula is C12H14ClN2+. The minimum atomic E-state index is 0.771. The highest BCUT2D eigenvalue weighted by Gasteiger charge is 2.04. The largest absolute Gasteiger partial charge is 0.248 e. The molecule has 2 rings (SSSR count). The van der Waals surface area contributed by atoms with E-state index in [9.17, 15) is 0 Å². The van der Waals surface area contributed by atoms with Crippen molar-refractivity contribution in [1.82, 2.24) is 4.57 Å². The maximum absolute atomic E-state index is 5.84. The monoisotopic (exact) mass is 221 g/mol. The Balaban J connectivity index is 2.25. The standard InChI is InChI=1S/C12H14ClN2/c1-2-7-14-8-9-15(10-14)12-5-3-11(13)4-6-12/h3-6,8-10H,2,7H2,1H3/q+1. The molecule has 2 nitrogen and oxygen atoms in total. The molecule has 15 heavy (non-hydrogen) atoms. The third-order valence-electron chi connectivity index (χ3n) is 2.30. The number of aryl methyl sites for hydroxylation is 1. The normalized spacial score (nSPS) is 10.5. The number of hydrogen-bond donors (Lipinski definition) is 0. The van der Waals surface area contributed by atoms with Gasteiger partial charge in [0, 0.05) is 5.02 Å². The summed E-state index contributed by atoms with van der Waals surface area (Å²) >= 11 is 5.84. The van der Waals surface area contributed by atoms with E-state index in [1.807, 2.05) is 24.3 Å². The Morgan fingerprint density at radius 1 is 1.27 bits per heavy atom. The first kappa shape index (κ1) is 10.2. The molecule has 0 N–H and O–H groups in total. The van der Waals surface area contributed by atoms with Crippen LogP contribution in [0.4, 0.5) is 0 Å². The second-order valence-corrected chi connectivity index (χ2v) is 3.97. The van der Waals surface area contributed by atoms with Gasteiger partial charge in [-0.2, -0.15) is 0 Å². The van der Waals surface area contributed by atoms with E-state index in [0.717, 1.165) is 23.7 Å². The van der Waals surface area contributed by atoms with Crippen LogP contribution < -0.4 is 4.57 Å². The van der Waals surface area contributed by atoms with Crippen LogP contribution in [0, 0.1) is 0 Å². The van der Waals surface area contributed by atoms with E-state index in [2.05, 4.69) is 34.8 Å². The Kier molecular flexibility index (Phi) is 3.07. The van der Waals surface area contributed by atoms with E-state index in [-0.39, 0.29) is 0 Å². The van der Waals surface area contributed by atoms with Gasteiger partial charge in [0.05, 0.1) is 6.54 Å². The smallest absolute Gasteiger partial charge is 0.236 e. The molecule has 0 atom stereocenters. The fraction of sp³-hybridized carbons (Fsp3) is 0.250. The maximum atomic E-state index is 5.84. The summed E-state index contributed by atoms with van der Waals surface area (Å²) in [6.45, 7) is 3.23. The molecule has 0 fully saturated rings. The number of halogens is 1. The molecule has 0 radical (unpaired) electrons. The van der Waals surface area contributed by atoms with Gasteiger partial charge in [-0.25, -0.2) is 9.13 Å². The van der Waals surface area contributed by atoms with Crippen molar-refractivity contribution in [2.24, 2.45) is 0 Å². The van der Waals surface area contributed by atoms with Crippen molar-refractivity contribution in [2.45, 2.75) is 19.9 Å². The third kappa shape index (κ3) is 2.39. The molecule has 0 amide bonds. The van der Waals surface area contributed by atoms with Crippen molar-refractivity contribution in [3.63, 3.8) is 0 Å². The lowest BCUT2D eigenvalue weighted by Crippen LogP contribution is -2.30. The molecule has 0 spiro atoms. The molecule has 0 bridgehead atoms. The second-order valence-electron chi connectivity index (χ2n) is 3.54. The summed E-state index contributed by atoms with van der Waals surface area (Å²) < 4.78 is 4.26. The van der Waals surface area contributed by atoms with Gasteiger partial charge in [-0.3, -0.25) is 0 Å². The molecule has 0 aliphatic heterocycles. The van der Waals surface area contributed by atoms with Gasteiger partial charge >= 0.3 is 0 Å². The van der Waals surface area contributed by atoms with Gasteiger partial charge in [-0.15, -0.1) is 0 Å². The number of benzene rings is 1. The van der Waals surface area contributed by atoms with Crippen LogP contribution in [0.25, 0.3) is 5.69 Å². The highest BCUT2D eigenvalue weighted by atomic mass is 35.5. The van der Waals surface area contributed by atoms with E-state index in [4.69, 9.17) is 11.6 Å². The molecule has 0 unspecified atom stereocenters. The Hall–Kier alpha value is -1.28. The van der Waals surface area contributed by atoms with E-state index in [1.54, 1.807) is 0 Å². The van der Waals surface area contributed by atoms with Crippen molar-refractivity contribution in [3.05, 3.63) is 48.0 Å². The van der Waals surface area contributed by atoms with Gasteiger partial charge < -0.3 is 0 Å². The Morgan fingerprint density at radius 3 is 2.67 bits per heavy atom. The Bertz CT molecular complexity index is 431. The average molecular weight is 222 g/mol. The van der Waals surface area contributed by atoms with Crippen molar-refractivity contribution in [1.29, 1.82) is 0 Å². The molecule has 0 aliphatic rings. The van der Waals surface area contributed by atoms with Crippen molar-refractivity contribution in [3.8, 4) is 5.69 Å². The van der Waals surface area contributed by atoms with E-state index in [0.29, 0.717) is 0 Å². The lowest BCUT2D eigenvalue weighted by molar-refractivity contribution is -0.696. The van der Waals surface area contributed by atoms with Crippen molar-refractivity contribution in [2.75, 3.05) is 0 Å². The van der Waals surface area contributed by atoms with Crippen LogP contribution in [-0.2, 0) is 6.54 Å². The van der Waals surface area contributed by atoms with Crippen LogP contribution in [0.1, 0.15) is 13.3 Å². The molecule has 3 heteroatoms. The zero-order valence-corrected chi connectivity index (χ0v) is 9.48. The number of imidazole rings is 1. The van der Waals surface area contributed by atoms with Gasteiger partial charge in [0.25, 0.3) is 0 Å². The summed E-state index contributed by atoms with van der Waals surface area (Å²) in [5.74, 6) is 0. The summed E-state index contributed by atoms with van der Waals surface area (Å²) in [7, 11) is 0. The fourth-order valence-electron chi connectivity index (χ4n) is 1.55. The fourth-order valence-corrected chi connectivity index (χ4v) is 1.68. The number of nitrogens with zero attached hydrogens (tertiary/aromatic N) is 2. The lowest BCUT2D eigenvalue weighted by atomic mass is 10.3. The predicted molar refractivity (Wildman–Crippen MR) is 61.3 cm³/mol. The molecule has 1 aromatic heterocycles. The summed E-state index contributed by atoms with van der Waals surface area (Å²) in [4.78, 5) is 0. The van der Waals surface area contributed by atoms with Crippen LogP contribution in [-0.4, -0.2) is 4.57 Å². The van der Waals surface area contributed by atoms with Gasteiger partial charge in [0.2, 0.25) is 6.33 Å². The molecule has 0 aliphatic carbocycles. The first-order valence-electron chi connectivity index (χ1n) is 5.12. The van der Waals surface area contributed by atoms with E-state index in [1.165, 1.54) is 0 Å². The molecule has 2 aromatic rings. The summed E-state index contributed by atoms with van der Waals surface area (Å²) in [6, 6.07) is 7.83. The second kappa shape index (κ2) is 4.49. The SMILES string of the molecule is CCC[n+]1ccn(-c2ccc(Cl)cc2)c1. The molecular weight excluding hydrogens is 208 g/mol. The number of hydrogen-bond acceptors (Lipinski definition) is 0. The van der Waals surface area contributed by atoms with Gasteiger partial charge in [-0.05, 0) is 30.7 Å². The highest BCUT2D eigenvalue weighted by Crippen LogP contribution is 2.12. The average Bonchev–Trinajstić information content (AvgIpc) is 2.68. The van der Waals surface area contributed by atoms with Gasteiger partial charge in [-0.1, -0.05) is 18.5 Å². The van der Waals surface area contributed by atoms with Gasteiger partial charge in [0.1, 0.15) is 18.1 Å². The minimum absolute atomic E-state index is 0.771. The topological polar surface area (TPSA) is 8.81 Å². The van der Waals surface area contributed by atoms with E-state index < -0.39 is 0 Å². The number of aromatic nitrogens is 2. The van der Waals surface area contributed by atoms with Crippen molar-refractivity contribution >= 4 is 11.6 Å². The quantitative estimate of drug-likeness (QED) is 0.705. The summed E-state index contributed by atoms with van der Waals surface area (Å²) in [6.07, 6.45) is 7.37. The first-order chi connectivity index (χ1) is 7.29. The molecule has 0 saturated heterocycles. The zero-order chi connectivity index (χ0) is 10.7. The van der Waals surface area contributed by atoms with Crippen LogP contribution in [0.5, 0.6) is 0 Å². The van der Waals surface area contributed by atoms with Gasteiger partial charge in [0.15, 0.2) is 0 Å². The van der Waals surface area contributed by atoms with Crippen LogP contribution >= 0.6 is 11.6 Å².